The van der Waals surface area contributed by atoms with Gasteiger partial charge in [-0.2, -0.15) is 0 Å². The Labute approximate surface area is 146 Å². The second-order valence-electron chi connectivity index (χ2n) is 7.85. The fourth-order valence-electron chi connectivity index (χ4n) is 3.90. The van der Waals surface area contributed by atoms with E-state index in [1.807, 2.05) is 0 Å². The van der Waals surface area contributed by atoms with Crippen molar-refractivity contribution in [1.29, 1.82) is 0 Å². The third kappa shape index (κ3) is 3.11. The van der Waals surface area contributed by atoms with Gasteiger partial charge in [-0.25, -0.2) is 0 Å². The van der Waals surface area contributed by atoms with Gasteiger partial charge in [0.1, 0.15) is 4.99 Å². The van der Waals surface area contributed by atoms with Crippen molar-refractivity contribution in [2.75, 3.05) is 45.2 Å². The molecule has 1 fully saturated rings. The van der Waals surface area contributed by atoms with Crippen molar-refractivity contribution in [3.63, 3.8) is 0 Å². The lowest BCUT2D eigenvalue weighted by atomic mass is 9.80. The number of thiocarbonyl (C=S) groups is 1. The smallest absolute Gasteiger partial charge is 0.109 e. The van der Waals surface area contributed by atoms with Gasteiger partial charge < -0.3 is 14.7 Å². The van der Waals surface area contributed by atoms with Crippen LogP contribution in [0, 0.1) is 0 Å². The van der Waals surface area contributed by atoms with Crippen LogP contribution in [-0.2, 0) is 0 Å². The molecule has 0 spiro atoms. The molecule has 0 bridgehead atoms. The summed E-state index contributed by atoms with van der Waals surface area (Å²) in [6.45, 7) is 11.3. The summed E-state index contributed by atoms with van der Waals surface area (Å²) < 4.78 is 0. The van der Waals surface area contributed by atoms with Crippen molar-refractivity contribution in [3.05, 3.63) is 29.3 Å². The molecule has 0 aromatic heterocycles. The number of likely N-dealkylation sites (N-methyl/N-ethyl adjacent to an activating group) is 1. The Hall–Kier alpha value is -1.13. The Morgan fingerprint density at radius 2 is 1.78 bits per heavy atom. The highest BCUT2D eigenvalue weighted by atomic mass is 32.1. The molecule has 126 valence electrons. The van der Waals surface area contributed by atoms with Crippen LogP contribution < -0.4 is 4.90 Å². The highest BCUT2D eigenvalue weighted by molar-refractivity contribution is 7.80. The number of piperazine rings is 1. The first-order chi connectivity index (χ1) is 10.8. The summed E-state index contributed by atoms with van der Waals surface area (Å²) in [5.41, 5.74) is 4.23. The summed E-state index contributed by atoms with van der Waals surface area (Å²) in [5.74, 6) is 0.575. The van der Waals surface area contributed by atoms with Crippen molar-refractivity contribution in [1.82, 2.24) is 9.80 Å². The summed E-state index contributed by atoms with van der Waals surface area (Å²) in [6.07, 6.45) is 1.18. The molecule has 1 aromatic carbocycles. The molecule has 0 amide bonds. The molecule has 0 saturated carbocycles. The Balaban J connectivity index is 1.86. The van der Waals surface area contributed by atoms with E-state index in [1.165, 1.54) is 23.2 Å². The molecule has 0 unspecified atom stereocenters. The molecule has 2 aliphatic heterocycles. The van der Waals surface area contributed by atoms with Gasteiger partial charge in [0.25, 0.3) is 0 Å². The molecule has 23 heavy (non-hydrogen) atoms. The van der Waals surface area contributed by atoms with E-state index in [4.69, 9.17) is 12.2 Å². The van der Waals surface area contributed by atoms with Gasteiger partial charge in [0.15, 0.2) is 0 Å². The Morgan fingerprint density at radius 1 is 1.13 bits per heavy atom. The zero-order chi connectivity index (χ0) is 16.8. The SMILES string of the molecule is C[C@@H]1CC(C)(C)N(C)c2ccc(C(=S)N3CCN(C)CC3)cc21. The number of rotatable bonds is 1. The third-order valence-corrected chi connectivity index (χ3v) is 6.16. The van der Waals surface area contributed by atoms with Crippen LogP contribution in [0.4, 0.5) is 5.69 Å². The van der Waals surface area contributed by atoms with Gasteiger partial charge in [-0.3, -0.25) is 0 Å². The minimum atomic E-state index is 0.214. The number of nitrogens with zero attached hydrogens (tertiary/aromatic N) is 3. The Bertz CT molecular complexity index is 603. The quantitative estimate of drug-likeness (QED) is 0.730. The van der Waals surface area contributed by atoms with Crippen LogP contribution in [-0.4, -0.2) is 60.6 Å². The molecule has 3 rings (SSSR count). The van der Waals surface area contributed by atoms with E-state index < -0.39 is 0 Å². The summed E-state index contributed by atoms with van der Waals surface area (Å²) in [4.78, 5) is 8.16. The van der Waals surface area contributed by atoms with Crippen molar-refractivity contribution < 1.29 is 0 Å². The molecular formula is C19H29N3S. The summed E-state index contributed by atoms with van der Waals surface area (Å²) in [7, 11) is 4.39. The maximum Gasteiger partial charge on any atom is 0.109 e. The molecule has 3 nitrogen and oxygen atoms in total. The summed E-state index contributed by atoms with van der Waals surface area (Å²) in [6, 6.07) is 6.82. The van der Waals surface area contributed by atoms with E-state index in [1.54, 1.807) is 0 Å². The molecule has 0 aliphatic carbocycles. The van der Waals surface area contributed by atoms with Gasteiger partial charge in [0, 0.05) is 50.0 Å². The highest BCUT2D eigenvalue weighted by Gasteiger charge is 2.34. The summed E-state index contributed by atoms with van der Waals surface area (Å²) >= 11 is 5.79. The van der Waals surface area contributed by atoms with Crippen LogP contribution in [0.15, 0.2) is 18.2 Å². The second kappa shape index (κ2) is 6.06. The zero-order valence-electron chi connectivity index (χ0n) is 15.1. The molecule has 2 heterocycles. The highest BCUT2D eigenvalue weighted by Crippen LogP contribution is 2.42. The maximum atomic E-state index is 5.79. The molecular weight excluding hydrogens is 302 g/mol. The van der Waals surface area contributed by atoms with Gasteiger partial charge in [-0.05, 0) is 57.0 Å². The normalized spacial score (nSPS) is 24.5. The van der Waals surface area contributed by atoms with Gasteiger partial charge in [0.05, 0.1) is 0 Å². The predicted octanol–water partition coefficient (Wildman–Crippen LogP) is 3.33. The topological polar surface area (TPSA) is 9.72 Å². The number of anilines is 1. The lowest BCUT2D eigenvalue weighted by Gasteiger charge is -2.45. The van der Waals surface area contributed by atoms with Gasteiger partial charge in [-0.15, -0.1) is 0 Å². The van der Waals surface area contributed by atoms with Gasteiger partial charge >= 0.3 is 0 Å². The van der Waals surface area contributed by atoms with Crippen LogP contribution in [0.1, 0.15) is 44.2 Å². The average Bonchev–Trinajstić information content (AvgIpc) is 2.52. The monoisotopic (exact) mass is 331 g/mol. The number of fused-ring (bicyclic) bond motifs is 1. The minimum Gasteiger partial charge on any atom is -0.369 e. The van der Waals surface area contributed by atoms with E-state index in [0.29, 0.717) is 5.92 Å². The van der Waals surface area contributed by atoms with Crippen LogP contribution in [0.25, 0.3) is 0 Å². The standard InChI is InChI=1S/C19H29N3S/c1-14-13-19(2,3)21(5)17-7-6-15(12-16(14)17)18(23)22-10-8-20(4)9-11-22/h6-7,12,14H,8-11,13H2,1-5H3/t14-/m1/s1. The number of hydrogen-bond acceptors (Lipinski definition) is 3. The van der Waals surface area contributed by atoms with Gasteiger partial charge in [0.2, 0.25) is 0 Å². The molecule has 2 aliphatic rings. The van der Waals surface area contributed by atoms with E-state index in [0.717, 1.165) is 31.2 Å². The zero-order valence-corrected chi connectivity index (χ0v) is 15.9. The average molecular weight is 332 g/mol. The Kier molecular flexibility index (Phi) is 4.41. The minimum absolute atomic E-state index is 0.214. The van der Waals surface area contributed by atoms with E-state index in [2.05, 4.69) is 67.8 Å². The van der Waals surface area contributed by atoms with Crippen molar-refractivity contribution in [2.45, 2.75) is 38.6 Å². The van der Waals surface area contributed by atoms with Crippen LogP contribution in [0.5, 0.6) is 0 Å². The van der Waals surface area contributed by atoms with Crippen LogP contribution in [0.2, 0.25) is 0 Å². The Morgan fingerprint density at radius 3 is 2.43 bits per heavy atom. The van der Waals surface area contributed by atoms with Crippen molar-refractivity contribution in [3.8, 4) is 0 Å². The molecule has 0 N–H and O–H groups in total. The van der Waals surface area contributed by atoms with Gasteiger partial charge in [-0.1, -0.05) is 19.1 Å². The third-order valence-electron chi connectivity index (χ3n) is 5.67. The first-order valence-electron chi connectivity index (χ1n) is 8.65. The van der Waals surface area contributed by atoms with E-state index in [9.17, 15) is 0 Å². The molecule has 1 atom stereocenters. The van der Waals surface area contributed by atoms with Crippen LogP contribution >= 0.6 is 12.2 Å². The molecule has 4 heteroatoms. The largest absolute Gasteiger partial charge is 0.369 e. The lowest BCUT2D eigenvalue weighted by molar-refractivity contribution is 0.218. The first kappa shape index (κ1) is 16.7. The molecule has 1 aromatic rings. The maximum absolute atomic E-state index is 5.79. The second-order valence-corrected chi connectivity index (χ2v) is 8.23. The van der Waals surface area contributed by atoms with Crippen molar-refractivity contribution >= 4 is 22.9 Å². The summed E-state index contributed by atoms with van der Waals surface area (Å²) in [5, 5.41) is 0. The molecule has 0 radical (unpaired) electrons. The molecule has 1 saturated heterocycles. The lowest BCUT2D eigenvalue weighted by Crippen LogP contribution is -2.47. The fraction of sp³-hybridized carbons (Fsp3) is 0.632. The predicted molar refractivity (Wildman–Crippen MR) is 103 cm³/mol. The van der Waals surface area contributed by atoms with Crippen molar-refractivity contribution in [2.24, 2.45) is 0 Å². The number of benzene rings is 1. The van der Waals surface area contributed by atoms with E-state index >= 15 is 0 Å². The fourth-order valence-corrected chi connectivity index (χ4v) is 4.21. The van der Waals surface area contributed by atoms with E-state index in [-0.39, 0.29) is 5.54 Å². The first-order valence-corrected chi connectivity index (χ1v) is 9.06. The van der Waals surface area contributed by atoms with Crippen LogP contribution in [0.3, 0.4) is 0 Å². The number of hydrogen-bond donors (Lipinski definition) is 0.